The second kappa shape index (κ2) is 4.45. The summed E-state index contributed by atoms with van der Waals surface area (Å²) in [6.07, 6.45) is 1.59. The van der Waals surface area contributed by atoms with Crippen LogP contribution in [-0.4, -0.2) is 34.1 Å². The lowest BCUT2D eigenvalue weighted by Crippen LogP contribution is -2.51. The number of aryl methyl sites for hydroxylation is 1. The Kier molecular flexibility index (Phi) is 2.89. The van der Waals surface area contributed by atoms with Gasteiger partial charge in [0.1, 0.15) is 12.1 Å². The van der Waals surface area contributed by atoms with Gasteiger partial charge in [-0.1, -0.05) is 6.92 Å². The molecule has 0 aromatic carbocycles. The van der Waals surface area contributed by atoms with Crippen LogP contribution in [0.1, 0.15) is 12.5 Å². The van der Waals surface area contributed by atoms with Gasteiger partial charge in [-0.3, -0.25) is 4.79 Å². The Hall–Kier alpha value is -1.69. The van der Waals surface area contributed by atoms with Crippen LogP contribution in [0.15, 0.2) is 11.7 Å². The van der Waals surface area contributed by atoms with Crippen LogP contribution < -0.4 is 4.90 Å². The van der Waals surface area contributed by atoms with E-state index in [0.29, 0.717) is 0 Å². The van der Waals surface area contributed by atoms with Crippen molar-refractivity contribution < 1.29 is 9.90 Å². The van der Waals surface area contributed by atoms with Crippen LogP contribution in [0.4, 0.5) is 5.82 Å². The van der Waals surface area contributed by atoms with Gasteiger partial charge in [0.05, 0.1) is 16.1 Å². The molecule has 3 heterocycles. The smallest absolute Gasteiger partial charge is 0.306 e. The maximum Gasteiger partial charge on any atom is 0.306 e. The number of thiophene rings is 1. The number of hydrogen-bond acceptors (Lipinski definition) is 5. The molecule has 1 atom stereocenters. The number of hydrogen-bond donors (Lipinski definition) is 1. The van der Waals surface area contributed by atoms with Crippen molar-refractivity contribution in [2.24, 2.45) is 11.8 Å². The molecule has 1 aliphatic rings. The molecule has 0 aliphatic carbocycles. The summed E-state index contributed by atoms with van der Waals surface area (Å²) in [5, 5.41) is 11.1. The van der Waals surface area contributed by atoms with Gasteiger partial charge in [0.2, 0.25) is 0 Å². The minimum Gasteiger partial charge on any atom is -0.481 e. The third-order valence-electron chi connectivity index (χ3n) is 3.82. The maximum atomic E-state index is 11.0. The zero-order valence-electron chi connectivity index (χ0n) is 10.8. The minimum absolute atomic E-state index is 0.212. The molecule has 100 valence electrons. The molecule has 3 rings (SSSR count). The van der Waals surface area contributed by atoms with Crippen molar-refractivity contribution in [2.45, 2.75) is 13.8 Å². The molecular weight excluding hydrogens is 262 g/mol. The summed E-state index contributed by atoms with van der Waals surface area (Å²) < 4.78 is 1.10. The normalized spacial score (nSPS) is 17.5. The van der Waals surface area contributed by atoms with Crippen molar-refractivity contribution in [2.75, 3.05) is 18.0 Å². The molecule has 1 aliphatic heterocycles. The van der Waals surface area contributed by atoms with Crippen LogP contribution in [0, 0.1) is 18.8 Å². The van der Waals surface area contributed by atoms with E-state index in [9.17, 15) is 4.79 Å². The summed E-state index contributed by atoms with van der Waals surface area (Å²) >= 11 is 1.65. The number of carboxylic acid groups (broad SMARTS) is 1. The highest BCUT2D eigenvalue weighted by Gasteiger charge is 2.36. The zero-order valence-corrected chi connectivity index (χ0v) is 11.6. The van der Waals surface area contributed by atoms with E-state index in [1.165, 1.54) is 5.56 Å². The van der Waals surface area contributed by atoms with Gasteiger partial charge in [-0.2, -0.15) is 0 Å². The Bertz CT molecular complexity index is 634. The molecule has 6 heteroatoms. The average Bonchev–Trinajstić information content (AvgIpc) is 2.70. The fourth-order valence-electron chi connectivity index (χ4n) is 2.39. The van der Waals surface area contributed by atoms with E-state index in [-0.39, 0.29) is 11.8 Å². The standard InChI is InChI=1S/C13H15N3O2S/c1-7-5-19-11-10(7)14-6-15-12(11)16-3-9(4-16)8(2)13(17)18/h5-6,8-9H,3-4H2,1-2H3,(H,17,18). The third kappa shape index (κ3) is 1.96. The van der Waals surface area contributed by atoms with Crippen molar-refractivity contribution in [1.82, 2.24) is 9.97 Å². The van der Waals surface area contributed by atoms with Crippen LogP contribution in [0.2, 0.25) is 0 Å². The molecule has 19 heavy (non-hydrogen) atoms. The average molecular weight is 277 g/mol. The lowest BCUT2D eigenvalue weighted by atomic mass is 9.87. The van der Waals surface area contributed by atoms with E-state index in [1.54, 1.807) is 24.6 Å². The Balaban J connectivity index is 1.82. The molecule has 1 N–H and O–H groups in total. The molecule has 1 saturated heterocycles. The Morgan fingerprint density at radius 3 is 2.95 bits per heavy atom. The number of rotatable bonds is 3. The first-order valence-electron chi connectivity index (χ1n) is 6.24. The molecule has 0 saturated carbocycles. The fraction of sp³-hybridized carbons (Fsp3) is 0.462. The molecule has 0 bridgehead atoms. The molecule has 1 fully saturated rings. The first-order valence-corrected chi connectivity index (χ1v) is 7.12. The number of anilines is 1. The van der Waals surface area contributed by atoms with Gasteiger partial charge in [0.25, 0.3) is 0 Å². The van der Waals surface area contributed by atoms with E-state index in [0.717, 1.165) is 29.1 Å². The molecule has 2 aromatic rings. The highest BCUT2D eigenvalue weighted by Crippen LogP contribution is 2.35. The molecular formula is C13H15N3O2S. The summed E-state index contributed by atoms with van der Waals surface area (Å²) in [6, 6.07) is 0. The Morgan fingerprint density at radius 2 is 2.26 bits per heavy atom. The first kappa shape index (κ1) is 12.3. The van der Waals surface area contributed by atoms with Crippen molar-refractivity contribution in [1.29, 1.82) is 0 Å². The van der Waals surface area contributed by atoms with Crippen molar-refractivity contribution in [3.63, 3.8) is 0 Å². The monoisotopic (exact) mass is 277 g/mol. The number of carbonyl (C=O) groups is 1. The second-order valence-corrected chi connectivity index (χ2v) is 5.97. The van der Waals surface area contributed by atoms with E-state index in [1.807, 2.05) is 6.92 Å². The summed E-state index contributed by atoms with van der Waals surface area (Å²) in [6.45, 7) is 5.34. The summed E-state index contributed by atoms with van der Waals surface area (Å²) in [7, 11) is 0. The van der Waals surface area contributed by atoms with Crippen LogP contribution >= 0.6 is 11.3 Å². The highest BCUT2D eigenvalue weighted by atomic mass is 32.1. The number of fused-ring (bicyclic) bond motifs is 1. The fourth-order valence-corrected chi connectivity index (χ4v) is 3.40. The molecule has 0 radical (unpaired) electrons. The van der Waals surface area contributed by atoms with Crippen molar-refractivity contribution in [3.8, 4) is 0 Å². The Labute approximate surface area is 114 Å². The maximum absolute atomic E-state index is 11.0. The Morgan fingerprint density at radius 1 is 1.53 bits per heavy atom. The summed E-state index contributed by atoms with van der Waals surface area (Å²) in [5.74, 6) is 0.142. The molecule has 5 nitrogen and oxygen atoms in total. The van der Waals surface area contributed by atoms with E-state index in [2.05, 4.69) is 20.2 Å². The van der Waals surface area contributed by atoms with Crippen LogP contribution in [0.5, 0.6) is 0 Å². The van der Waals surface area contributed by atoms with Gasteiger partial charge in [-0.15, -0.1) is 11.3 Å². The zero-order chi connectivity index (χ0) is 13.6. The predicted molar refractivity (Wildman–Crippen MR) is 74.7 cm³/mol. The van der Waals surface area contributed by atoms with Crippen LogP contribution in [-0.2, 0) is 4.79 Å². The predicted octanol–water partition coefficient (Wildman–Crippen LogP) is 2.16. The van der Waals surface area contributed by atoms with E-state index < -0.39 is 5.97 Å². The van der Waals surface area contributed by atoms with Gasteiger partial charge in [0, 0.05) is 19.0 Å². The third-order valence-corrected chi connectivity index (χ3v) is 4.90. The molecule has 1 unspecified atom stereocenters. The summed E-state index contributed by atoms with van der Waals surface area (Å²) in [4.78, 5) is 21.8. The van der Waals surface area contributed by atoms with E-state index in [4.69, 9.17) is 5.11 Å². The van der Waals surface area contributed by atoms with Gasteiger partial charge in [0.15, 0.2) is 0 Å². The van der Waals surface area contributed by atoms with Crippen molar-refractivity contribution >= 4 is 33.3 Å². The van der Waals surface area contributed by atoms with Crippen LogP contribution in [0.3, 0.4) is 0 Å². The van der Waals surface area contributed by atoms with Crippen LogP contribution in [0.25, 0.3) is 10.2 Å². The molecule has 2 aromatic heterocycles. The lowest BCUT2D eigenvalue weighted by molar-refractivity contribution is -0.143. The molecule has 0 spiro atoms. The number of aliphatic carboxylic acids is 1. The van der Waals surface area contributed by atoms with Gasteiger partial charge < -0.3 is 10.0 Å². The lowest BCUT2D eigenvalue weighted by Gasteiger charge is -2.42. The second-order valence-electron chi connectivity index (χ2n) is 5.09. The quantitative estimate of drug-likeness (QED) is 0.931. The number of carboxylic acids is 1. The number of aromatic nitrogens is 2. The molecule has 0 amide bonds. The summed E-state index contributed by atoms with van der Waals surface area (Å²) in [5.41, 5.74) is 2.17. The highest BCUT2D eigenvalue weighted by molar-refractivity contribution is 7.18. The van der Waals surface area contributed by atoms with Gasteiger partial charge >= 0.3 is 5.97 Å². The van der Waals surface area contributed by atoms with Gasteiger partial charge in [-0.05, 0) is 17.9 Å². The first-order chi connectivity index (χ1) is 9.08. The largest absolute Gasteiger partial charge is 0.481 e. The van der Waals surface area contributed by atoms with Crippen molar-refractivity contribution in [3.05, 3.63) is 17.3 Å². The van der Waals surface area contributed by atoms with E-state index >= 15 is 0 Å². The SMILES string of the molecule is Cc1csc2c(N3CC(C(C)C(=O)O)C3)ncnc12. The van der Waals surface area contributed by atoms with Gasteiger partial charge in [-0.25, -0.2) is 9.97 Å². The topological polar surface area (TPSA) is 66.3 Å². The number of nitrogens with zero attached hydrogens (tertiary/aromatic N) is 3. The minimum atomic E-state index is -0.718.